The van der Waals surface area contributed by atoms with Crippen molar-refractivity contribution in [3.05, 3.63) is 62.5 Å². The van der Waals surface area contributed by atoms with E-state index < -0.39 is 23.7 Å². The monoisotopic (exact) mass is 509 g/mol. The second kappa shape index (κ2) is 11.4. The molecule has 0 N–H and O–H groups in total. The van der Waals surface area contributed by atoms with Gasteiger partial charge in [-0.05, 0) is 55.4 Å². The molecular formula is C23H21Cl2NO6S. The number of imide groups is 1. The van der Waals surface area contributed by atoms with E-state index in [1.165, 1.54) is 6.08 Å². The summed E-state index contributed by atoms with van der Waals surface area (Å²) in [6.45, 7) is 3.74. The van der Waals surface area contributed by atoms with Crippen LogP contribution in [0.3, 0.4) is 0 Å². The van der Waals surface area contributed by atoms with Gasteiger partial charge < -0.3 is 14.2 Å². The normalized spacial score (nSPS) is 14.7. The summed E-state index contributed by atoms with van der Waals surface area (Å²) < 4.78 is 16.4. The minimum atomic E-state index is -0.650. The Bertz CT molecular complexity index is 1100. The van der Waals surface area contributed by atoms with E-state index in [1.54, 1.807) is 25.1 Å². The Labute approximate surface area is 205 Å². The molecule has 10 heteroatoms. The van der Waals surface area contributed by atoms with E-state index in [0.717, 1.165) is 22.2 Å². The van der Waals surface area contributed by atoms with E-state index in [0.29, 0.717) is 28.7 Å². The van der Waals surface area contributed by atoms with Crippen molar-refractivity contribution in [1.82, 2.24) is 4.90 Å². The summed E-state index contributed by atoms with van der Waals surface area (Å²) in [6.07, 6.45) is 1.52. The third kappa shape index (κ3) is 6.22. The van der Waals surface area contributed by atoms with Crippen LogP contribution in [0.25, 0.3) is 6.08 Å². The van der Waals surface area contributed by atoms with Crippen molar-refractivity contribution in [3.63, 3.8) is 0 Å². The van der Waals surface area contributed by atoms with Gasteiger partial charge in [-0.3, -0.25) is 19.3 Å². The van der Waals surface area contributed by atoms with E-state index in [2.05, 4.69) is 0 Å². The standard InChI is InChI=1S/C23H21Cl2NO6S/c1-3-30-18-10-14(9-17(25)21(18)32-13-15-7-5-6-8-16(15)24)11-19-22(28)26(23(29)33-19)12-20(27)31-4-2/h5-11H,3-4,12-13H2,1-2H3/b19-11-. The number of carbonyl (C=O) groups excluding carboxylic acids is 3. The van der Waals surface area contributed by atoms with Gasteiger partial charge in [-0.25, -0.2) is 0 Å². The molecule has 0 unspecified atom stereocenters. The molecule has 1 aliphatic rings. The summed E-state index contributed by atoms with van der Waals surface area (Å²) in [5.41, 5.74) is 1.33. The SMILES string of the molecule is CCOC(=O)CN1C(=O)S/C(=C\c2cc(Cl)c(OCc3ccccc3Cl)c(OCC)c2)C1=O. The van der Waals surface area contributed by atoms with Crippen molar-refractivity contribution >= 4 is 58.2 Å². The van der Waals surface area contributed by atoms with E-state index in [9.17, 15) is 14.4 Å². The van der Waals surface area contributed by atoms with Crippen LogP contribution in [-0.2, 0) is 20.9 Å². The van der Waals surface area contributed by atoms with Crippen molar-refractivity contribution in [2.75, 3.05) is 19.8 Å². The zero-order chi connectivity index (χ0) is 24.0. The first-order chi connectivity index (χ1) is 15.8. The summed E-state index contributed by atoms with van der Waals surface area (Å²) in [4.78, 5) is 37.5. The molecule has 0 aromatic heterocycles. The molecule has 0 spiro atoms. The highest BCUT2D eigenvalue weighted by atomic mass is 35.5. The molecule has 2 aromatic rings. The number of carbonyl (C=O) groups is 3. The first-order valence-electron chi connectivity index (χ1n) is 10.1. The highest BCUT2D eigenvalue weighted by Crippen LogP contribution is 2.39. The van der Waals surface area contributed by atoms with Crippen molar-refractivity contribution < 1.29 is 28.6 Å². The number of hydrogen-bond acceptors (Lipinski definition) is 7. The Hall–Kier alpha value is -2.68. The molecule has 1 saturated heterocycles. The maximum absolute atomic E-state index is 12.6. The number of benzene rings is 2. The van der Waals surface area contributed by atoms with Crippen molar-refractivity contribution in [2.24, 2.45) is 0 Å². The molecule has 7 nitrogen and oxygen atoms in total. The van der Waals surface area contributed by atoms with Crippen LogP contribution in [0.1, 0.15) is 25.0 Å². The first kappa shape index (κ1) is 25.0. The number of halogens is 2. The van der Waals surface area contributed by atoms with E-state index in [4.69, 9.17) is 37.4 Å². The van der Waals surface area contributed by atoms with Crippen LogP contribution in [0, 0.1) is 0 Å². The molecule has 3 rings (SSSR count). The first-order valence-corrected chi connectivity index (χ1v) is 11.6. The number of nitrogens with zero attached hydrogens (tertiary/aromatic N) is 1. The third-order valence-corrected chi connectivity index (χ3v) is 5.98. The Morgan fingerprint density at radius 1 is 1.06 bits per heavy atom. The molecule has 1 heterocycles. The second-order valence-corrected chi connectivity index (χ2v) is 8.52. The summed E-state index contributed by atoms with van der Waals surface area (Å²) in [5, 5.41) is 0.293. The number of thioether (sulfide) groups is 1. The molecule has 2 amide bonds. The lowest BCUT2D eigenvalue weighted by Crippen LogP contribution is -2.34. The van der Waals surface area contributed by atoms with Crippen LogP contribution in [0.4, 0.5) is 4.79 Å². The number of amides is 2. The molecule has 0 radical (unpaired) electrons. The average Bonchev–Trinajstić information content (AvgIpc) is 3.02. The fraction of sp³-hybridized carbons (Fsp3) is 0.261. The van der Waals surface area contributed by atoms with Crippen LogP contribution < -0.4 is 9.47 Å². The third-order valence-electron chi connectivity index (χ3n) is 4.43. The van der Waals surface area contributed by atoms with Crippen LogP contribution in [-0.4, -0.2) is 41.8 Å². The lowest BCUT2D eigenvalue weighted by molar-refractivity contribution is -0.145. The fourth-order valence-electron chi connectivity index (χ4n) is 2.96. The van der Waals surface area contributed by atoms with Gasteiger partial charge in [-0.2, -0.15) is 0 Å². The van der Waals surface area contributed by atoms with Gasteiger partial charge in [0.25, 0.3) is 11.1 Å². The van der Waals surface area contributed by atoms with E-state index >= 15 is 0 Å². The average molecular weight is 510 g/mol. The minimum absolute atomic E-state index is 0.160. The highest BCUT2D eigenvalue weighted by molar-refractivity contribution is 8.18. The second-order valence-electron chi connectivity index (χ2n) is 6.72. The predicted octanol–water partition coefficient (Wildman–Crippen LogP) is 5.57. The molecule has 0 aliphatic carbocycles. The molecular weight excluding hydrogens is 489 g/mol. The van der Waals surface area contributed by atoms with E-state index in [1.807, 2.05) is 25.1 Å². The van der Waals surface area contributed by atoms with Crippen LogP contribution in [0.15, 0.2) is 41.3 Å². The van der Waals surface area contributed by atoms with Crippen molar-refractivity contribution in [2.45, 2.75) is 20.5 Å². The summed E-state index contributed by atoms with van der Waals surface area (Å²) in [7, 11) is 0. The summed E-state index contributed by atoms with van der Waals surface area (Å²) in [6, 6.07) is 10.6. The maximum atomic E-state index is 12.6. The Morgan fingerprint density at radius 3 is 2.52 bits per heavy atom. The number of esters is 1. The van der Waals surface area contributed by atoms with E-state index in [-0.39, 0.29) is 23.1 Å². The highest BCUT2D eigenvalue weighted by Gasteiger charge is 2.36. The Morgan fingerprint density at radius 2 is 1.82 bits per heavy atom. The number of ether oxygens (including phenoxy) is 3. The molecule has 0 saturated carbocycles. The van der Waals surface area contributed by atoms with Crippen LogP contribution >= 0.6 is 35.0 Å². The predicted molar refractivity (Wildman–Crippen MR) is 128 cm³/mol. The largest absolute Gasteiger partial charge is 0.490 e. The van der Waals surface area contributed by atoms with Gasteiger partial charge in [0.1, 0.15) is 13.2 Å². The van der Waals surface area contributed by atoms with Gasteiger partial charge in [-0.15, -0.1) is 0 Å². The zero-order valence-electron chi connectivity index (χ0n) is 17.9. The zero-order valence-corrected chi connectivity index (χ0v) is 20.3. The van der Waals surface area contributed by atoms with Crippen LogP contribution in [0.2, 0.25) is 10.0 Å². The topological polar surface area (TPSA) is 82.1 Å². The minimum Gasteiger partial charge on any atom is -0.490 e. The molecule has 2 aromatic carbocycles. The molecule has 174 valence electrons. The molecule has 33 heavy (non-hydrogen) atoms. The smallest absolute Gasteiger partial charge is 0.326 e. The van der Waals surface area contributed by atoms with Gasteiger partial charge in [0.05, 0.1) is 23.1 Å². The Kier molecular flexibility index (Phi) is 8.66. The number of rotatable bonds is 9. The summed E-state index contributed by atoms with van der Waals surface area (Å²) >= 11 is 13.4. The van der Waals surface area contributed by atoms with Gasteiger partial charge in [0.2, 0.25) is 0 Å². The lowest BCUT2D eigenvalue weighted by Gasteiger charge is -2.15. The number of hydrogen-bond donors (Lipinski definition) is 0. The molecule has 0 bridgehead atoms. The van der Waals surface area contributed by atoms with Gasteiger partial charge in [0, 0.05) is 10.6 Å². The molecule has 1 fully saturated rings. The lowest BCUT2D eigenvalue weighted by atomic mass is 10.1. The van der Waals surface area contributed by atoms with Gasteiger partial charge in [-0.1, -0.05) is 41.4 Å². The van der Waals surface area contributed by atoms with Crippen LogP contribution in [0.5, 0.6) is 11.5 Å². The Balaban J connectivity index is 1.83. The van der Waals surface area contributed by atoms with Gasteiger partial charge in [0.15, 0.2) is 11.5 Å². The molecule has 1 aliphatic heterocycles. The fourth-order valence-corrected chi connectivity index (χ4v) is 4.27. The van der Waals surface area contributed by atoms with Crippen molar-refractivity contribution in [1.29, 1.82) is 0 Å². The summed E-state index contributed by atoms with van der Waals surface area (Å²) in [5.74, 6) is -0.506. The van der Waals surface area contributed by atoms with Crippen molar-refractivity contribution in [3.8, 4) is 11.5 Å². The molecule has 0 atom stereocenters. The maximum Gasteiger partial charge on any atom is 0.326 e. The quantitative estimate of drug-likeness (QED) is 0.322. The van der Waals surface area contributed by atoms with Gasteiger partial charge >= 0.3 is 5.97 Å².